The Morgan fingerprint density at radius 3 is 2.71 bits per heavy atom. The summed E-state index contributed by atoms with van der Waals surface area (Å²) in [4.78, 5) is 13.6. The zero-order valence-corrected chi connectivity index (χ0v) is 22.2. The fourth-order valence-corrected chi connectivity index (χ4v) is 5.33. The Kier molecular flexibility index (Phi) is 7.40. The van der Waals surface area contributed by atoms with Crippen LogP contribution in [0, 0.1) is 18.7 Å². The summed E-state index contributed by atoms with van der Waals surface area (Å²) in [6.45, 7) is 9.52. The molecule has 1 aromatic carbocycles. The molecule has 2 aromatic heterocycles. The fourth-order valence-electron chi connectivity index (χ4n) is 5.33. The van der Waals surface area contributed by atoms with E-state index in [0.29, 0.717) is 41.4 Å². The molecule has 1 saturated heterocycles. The van der Waals surface area contributed by atoms with Crippen LogP contribution in [0.15, 0.2) is 58.8 Å². The van der Waals surface area contributed by atoms with Crippen LogP contribution in [-0.2, 0) is 0 Å². The summed E-state index contributed by atoms with van der Waals surface area (Å²) in [5.74, 6) is 0.872. The SMILES string of the molecule is CCC1=C(Nc2ccc([C@H](O)[C@H]3CCNC3)cn2)N=C(c2cc(F)c3nc(C)n(C(C)C)c3c2)C(F)=CC1. The highest BCUT2D eigenvalue weighted by Crippen LogP contribution is 2.30. The molecule has 1 fully saturated rings. The van der Waals surface area contributed by atoms with Crippen molar-refractivity contribution in [2.45, 2.75) is 59.1 Å². The number of benzene rings is 1. The fraction of sp³-hybridized carbons (Fsp3) is 0.414. The normalized spacial score (nSPS) is 19.1. The second-order valence-corrected chi connectivity index (χ2v) is 10.3. The van der Waals surface area contributed by atoms with Crippen LogP contribution >= 0.6 is 0 Å². The van der Waals surface area contributed by atoms with Gasteiger partial charge in [-0.25, -0.2) is 23.7 Å². The van der Waals surface area contributed by atoms with Crippen molar-refractivity contribution in [2.24, 2.45) is 10.9 Å². The molecule has 38 heavy (non-hydrogen) atoms. The van der Waals surface area contributed by atoms with Crippen molar-refractivity contribution in [1.29, 1.82) is 0 Å². The lowest BCUT2D eigenvalue weighted by atomic mass is 9.96. The van der Waals surface area contributed by atoms with Gasteiger partial charge in [-0.2, -0.15) is 0 Å². The van der Waals surface area contributed by atoms with Crippen LogP contribution in [0.3, 0.4) is 0 Å². The van der Waals surface area contributed by atoms with Crippen molar-refractivity contribution < 1.29 is 13.9 Å². The van der Waals surface area contributed by atoms with Crippen molar-refractivity contribution in [3.05, 3.63) is 76.5 Å². The summed E-state index contributed by atoms with van der Waals surface area (Å²) >= 11 is 0. The van der Waals surface area contributed by atoms with Gasteiger partial charge in [0.1, 0.15) is 34.5 Å². The van der Waals surface area contributed by atoms with E-state index in [1.807, 2.05) is 38.3 Å². The lowest BCUT2D eigenvalue weighted by molar-refractivity contribution is 0.118. The van der Waals surface area contributed by atoms with Gasteiger partial charge in [0.25, 0.3) is 0 Å². The van der Waals surface area contributed by atoms with Crippen molar-refractivity contribution >= 4 is 22.6 Å². The Morgan fingerprint density at radius 1 is 1.24 bits per heavy atom. The molecule has 0 radical (unpaired) electrons. The van der Waals surface area contributed by atoms with Gasteiger partial charge < -0.3 is 20.3 Å². The van der Waals surface area contributed by atoms with Gasteiger partial charge in [0.2, 0.25) is 0 Å². The molecule has 0 saturated carbocycles. The van der Waals surface area contributed by atoms with Gasteiger partial charge in [-0.1, -0.05) is 13.0 Å². The number of aliphatic hydroxyl groups excluding tert-OH is 1. The molecule has 0 amide bonds. The molecule has 0 spiro atoms. The highest BCUT2D eigenvalue weighted by Gasteiger charge is 2.25. The summed E-state index contributed by atoms with van der Waals surface area (Å²) in [5.41, 5.74) is 2.94. The van der Waals surface area contributed by atoms with Crippen molar-refractivity contribution in [2.75, 3.05) is 18.4 Å². The number of aliphatic hydroxyl groups is 1. The van der Waals surface area contributed by atoms with Gasteiger partial charge in [0.05, 0.1) is 11.6 Å². The first kappa shape index (κ1) is 26.2. The predicted octanol–water partition coefficient (Wildman–Crippen LogP) is 5.88. The van der Waals surface area contributed by atoms with Crippen molar-refractivity contribution in [1.82, 2.24) is 19.9 Å². The van der Waals surface area contributed by atoms with E-state index in [1.54, 1.807) is 18.3 Å². The number of nitrogens with one attached hydrogen (secondary N) is 2. The third-order valence-corrected chi connectivity index (χ3v) is 7.37. The predicted molar refractivity (Wildman–Crippen MR) is 146 cm³/mol. The number of imidazole rings is 1. The number of aliphatic imine (C=N–C) groups is 1. The molecule has 3 N–H and O–H groups in total. The Morgan fingerprint density at radius 2 is 2.05 bits per heavy atom. The summed E-state index contributed by atoms with van der Waals surface area (Å²) in [7, 11) is 0. The Balaban J connectivity index is 1.50. The van der Waals surface area contributed by atoms with Gasteiger partial charge in [-0.05, 0) is 82.0 Å². The van der Waals surface area contributed by atoms with E-state index in [4.69, 9.17) is 0 Å². The summed E-state index contributed by atoms with van der Waals surface area (Å²) < 4.78 is 32.5. The zero-order valence-electron chi connectivity index (χ0n) is 22.2. The Labute approximate surface area is 221 Å². The molecule has 0 unspecified atom stereocenters. The number of anilines is 1. The number of fused-ring (bicyclic) bond motifs is 1. The largest absolute Gasteiger partial charge is 0.388 e. The highest BCUT2D eigenvalue weighted by atomic mass is 19.1. The first-order valence-electron chi connectivity index (χ1n) is 13.2. The van der Waals surface area contributed by atoms with Crippen LogP contribution in [0.5, 0.6) is 0 Å². The quantitative estimate of drug-likeness (QED) is 0.362. The molecular formula is C29H34F2N6O. The minimum atomic E-state index is -0.578. The zero-order chi connectivity index (χ0) is 27.0. The minimum Gasteiger partial charge on any atom is -0.388 e. The van der Waals surface area contributed by atoms with Crippen LogP contribution in [0.4, 0.5) is 14.6 Å². The van der Waals surface area contributed by atoms with Gasteiger partial charge >= 0.3 is 0 Å². The van der Waals surface area contributed by atoms with E-state index in [0.717, 1.165) is 30.6 Å². The number of aromatic nitrogens is 3. The second-order valence-electron chi connectivity index (χ2n) is 10.3. The van der Waals surface area contributed by atoms with E-state index < -0.39 is 17.7 Å². The molecule has 4 heterocycles. The van der Waals surface area contributed by atoms with Crippen LogP contribution in [0.25, 0.3) is 11.0 Å². The number of halogens is 2. The average molecular weight is 521 g/mol. The van der Waals surface area contributed by atoms with Crippen LogP contribution < -0.4 is 10.6 Å². The maximum atomic E-state index is 15.4. The summed E-state index contributed by atoms with van der Waals surface area (Å²) in [6.07, 6.45) is 4.52. The number of hydrogen-bond acceptors (Lipinski definition) is 6. The summed E-state index contributed by atoms with van der Waals surface area (Å²) in [5, 5.41) is 17.2. The average Bonchev–Trinajstić information content (AvgIpc) is 3.51. The maximum Gasteiger partial charge on any atom is 0.151 e. The molecular weight excluding hydrogens is 486 g/mol. The molecule has 7 nitrogen and oxygen atoms in total. The van der Waals surface area contributed by atoms with Crippen molar-refractivity contribution in [3.63, 3.8) is 0 Å². The second kappa shape index (κ2) is 10.7. The third-order valence-electron chi connectivity index (χ3n) is 7.37. The van der Waals surface area contributed by atoms with Gasteiger partial charge in [0, 0.05) is 30.3 Å². The standard InChI is InChI=1S/C29H34F2N6O/c1-5-18-6-8-22(30)26(21-12-23(31)27-24(13-21)37(16(2)3)17(4)34-27)36-29(18)35-25-9-7-19(15-33-25)28(38)20-10-11-32-14-20/h7-9,12-13,15-16,20,28,32,38H,5-6,10-11,14H2,1-4H3,(H,33,35)/t20-,28-/m0/s1. The van der Waals surface area contributed by atoms with E-state index >= 15 is 8.78 Å². The molecule has 0 bridgehead atoms. The number of hydrogen-bond donors (Lipinski definition) is 3. The van der Waals surface area contributed by atoms with Crippen LogP contribution in [-0.4, -0.2) is 38.4 Å². The molecule has 3 aromatic rings. The van der Waals surface area contributed by atoms with Gasteiger partial charge in [-0.3, -0.25) is 0 Å². The molecule has 2 atom stereocenters. The van der Waals surface area contributed by atoms with E-state index in [1.165, 1.54) is 12.1 Å². The molecule has 200 valence electrons. The molecule has 9 heteroatoms. The van der Waals surface area contributed by atoms with Gasteiger partial charge in [0.15, 0.2) is 5.82 Å². The number of nitrogens with zero attached hydrogens (tertiary/aromatic N) is 4. The van der Waals surface area contributed by atoms with Crippen molar-refractivity contribution in [3.8, 4) is 0 Å². The topological polar surface area (TPSA) is 87.4 Å². The third kappa shape index (κ3) is 5.00. The number of pyridine rings is 1. The van der Waals surface area contributed by atoms with Crippen LogP contribution in [0.1, 0.15) is 69.1 Å². The van der Waals surface area contributed by atoms with E-state index in [2.05, 4.69) is 25.6 Å². The van der Waals surface area contributed by atoms with Crippen LogP contribution in [0.2, 0.25) is 0 Å². The first-order valence-corrected chi connectivity index (χ1v) is 13.2. The smallest absolute Gasteiger partial charge is 0.151 e. The van der Waals surface area contributed by atoms with E-state index in [-0.39, 0.29) is 23.2 Å². The number of allylic oxidation sites excluding steroid dienone is 3. The molecule has 0 aliphatic carbocycles. The maximum absolute atomic E-state index is 15.4. The minimum absolute atomic E-state index is 0.0617. The summed E-state index contributed by atoms with van der Waals surface area (Å²) in [6, 6.07) is 6.76. The molecule has 2 aliphatic heterocycles. The Bertz CT molecular complexity index is 1430. The number of rotatable bonds is 7. The molecule has 5 rings (SSSR count). The highest BCUT2D eigenvalue weighted by molar-refractivity contribution is 6.13. The lowest BCUT2D eigenvalue weighted by Crippen LogP contribution is -2.16. The monoisotopic (exact) mass is 520 g/mol. The lowest BCUT2D eigenvalue weighted by Gasteiger charge is -2.17. The Hall–Kier alpha value is -3.43. The first-order chi connectivity index (χ1) is 18.3. The number of aryl methyl sites for hydroxylation is 1. The molecule has 2 aliphatic rings. The van der Waals surface area contributed by atoms with E-state index in [9.17, 15) is 5.11 Å². The van der Waals surface area contributed by atoms with Gasteiger partial charge in [-0.15, -0.1) is 0 Å².